The fourth-order valence-electron chi connectivity index (χ4n) is 3.99. The second kappa shape index (κ2) is 9.74. The zero-order valence-corrected chi connectivity index (χ0v) is 18.9. The van der Waals surface area contributed by atoms with E-state index in [1.165, 1.54) is 0 Å². The number of amides is 1. The van der Waals surface area contributed by atoms with E-state index in [4.69, 9.17) is 9.15 Å². The number of aryl methyl sites for hydroxylation is 1. The minimum Gasteiger partial charge on any atom is -0.485 e. The molecule has 3 aromatic carbocycles. The van der Waals surface area contributed by atoms with E-state index in [-0.39, 0.29) is 12.5 Å². The van der Waals surface area contributed by atoms with E-state index in [1.807, 2.05) is 54.6 Å². The molecule has 1 amide bonds. The Balaban J connectivity index is 1.29. The van der Waals surface area contributed by atoms with Crippen LogP contribution < -0.4 is 10.1 Å². The van der Waals surface area contributed by atoms with Gasteiger partial charge in [-0.05, 0) is 47.0 Å². The first-order valence-corrected chi connectivity index (χ1v) is 11.4. The Hall–Kier alpha value is -4.20. The van der Waals surface area contributed by atoms with Gasteiger partial charge in [-0.1, -0.05) is 55.0 Å². The van der Waals surface area contributed by atoms with E-state index in [9.17, 15) is 4.79 Å². The predicted molar refractivity (Wildman–Crippen MR) is 128 cm³/mol. The van der Waals surface area contributed by atoms with Gasteiger partial charge < -0.3 is 14.5 Å². The van der Waals surface area contributed by atoms with Gasteiger partial charge in [-0.15, -0.1) is 10.2 Å². The first kappa shape index (κ1) is 21.6. The van der Waals surface area contributed by atoms with Crippen molar-refractivity contribution in [3.8, 4) is 5.75 Å². The number of furan rings is 1. The molecule has 0 radical (unpaired) electrons. The third-order valence-electron chi connectivity index (χ3n) is 5.74. The number of fused-ring (bicyclic) bond motifs is 2. The highest BCUT2D eigenvalue weighted by molar-refractivity contribution is 6.07. The monoisotopic (exact) mass is 455 g/mol. The number of rotatable bonds is 9. The summed E-state index contributed by atoms with van der Waals surface area (Å²) in [6.45, 7) is 2.80. The maximum absolute atomic E-state index is 13.2. The Morgan fingerprint density at radius 3 is 2.79 bits per heavy atom. The van der Waals surface area contributed by atoms with Crippen molar-refractivity contribution in [3.63, 3.8) is 0 Å². The molecule has 0 atom stereocenters. The number of para-hydroxylation sites is 1. The van der Waals surface area contributed by atoms with Gasteiger partial charge in [0, 0.05) is 18.4 Å². The van der Waals surface area contributed by atoms with Crippen LogP contribution in [0.4, 0.5) is 0 Å². The van der Waals surface area contributed by atoms with Crippen LogP contribution in [0.3, 0.4) is 0 Å². The van der Waals surface area contributed by atoms with Crippen LogP contribution in [-0.2, 0) is 19.6 Å². The zero-order valence-electron chi connectivity index (χ0n) is 18.9. The quantitative estimate of drug-likeness (QED) is 0.326. The van der Waals surface area contributed by atoms with Crippen molar-refractivity contribution in [3.05, 3.63) is 83.4 Å². The van der Waals surface area contributed by atoms with Crippen molar-refractivity contribution in [1.82, 2.24) is 25.9 Å². The van der Waals surface area contributed by atoms with Gasteiger partial charge in [0.05, 0.1) is 5.56 Å². The molecule has 2 N–H and O–H groups in total. The molecule has 5 rings (SSSR count). The number of hydrogen-bond donors (Lipinski definition) is 2. The number of benzene rings is 3. The molecule has 0 aliphatic heterocycles. The molecule has 2 aromatic heterocycles. The second-order valence-corrected chi connectivity index (χ2v) is 8.14. The van der Waals surface area contributed by atoms with Gasteiger partial charge in [-0.2, -0.15) is 5.21 Å². The molecule has 34 heavy (non-hydrogen) atoms. The lowest BCUT2D eigenvalue weighted by molar-refractivity contribution is 0.0950. The number of carbonyl (C=O) groups is 1. The topological polar surface area (TPSA) is 106 Å². The number of hydrogen-bond acceptors (Lipinski definition) is 6. The first-order chi connectivity index (χ1) is 16.7. The summed E-state index contributed by atoms with van der Waals surface area (Å²) in [6.07, 6.45) is 2.77. The maximum atomic E-state index is 13.2. The summed E-state index contributed by atoms with van der Waals surface area (Å²) < 4.78 is 11.7. The number of carbonyl (C=O) groups excluding carboxylic acids is 1. The molecule has 8 nitrogen and oxygen atoms in total. The predicted octanol–water partition coefficient (Wildman–Crippen LogP) is 4.95. The van der Waals surface area contributed by atoms with Crippen LogP contribution in [0.2, 0.25) is 0 Å². The van der Waals surface area contributed by atoms with Crippen LogP contribution in [0.5, 0.6) is 5.75 Å². The van der Waals surface area contributed by atoms with Crippen LogP contribution >= 0.6 is 0 Å². The molecule has 0 unspecified atom stereocenters. The lowest BCUT2D eigenvalue weighted by atomic mass is 10.1. The normalized spacial score (nSPS) is 11.2. The Kier molecular flexibility index (Phi) is 6.20. The van der Waals surface area contributed by atoms with Gasteiger partial charge >= 0.3 is 0 Å². The minimum absolute atomic E-state index is 0.110. The van der Waals surface area contributed by atoms with E-state index < -0.39 is 0 Å². The maximum Gasteiger partial charge on any atom is 0.255 e. The van der Waals surface area contributed by atoms with Gasteiger partial charge in [0.15, 0.2) is 6.61 Å². The molecule has 0 aliphatic rings. The van der Waals surface area contributed by atoms with E-state index in [2.05, 4.69) is 38.9 Å². The number of aromatic amines is 1. The number of H-pyrrole nitrogens is 1. The van der Waals surface area contributed by atoms with Gasteiger partial charge in [-0.3, -0.25) is 4.79 Å². The molecular formula is C26H25N5O3. The highest BCUT2D eigenvalue weighted by atomic mass is 16.5. The summed E-state index contributed by atoms with van der Waals surface area (Å²) in [6, 6.07) is 19.7. The largest absolute Gasteiger partial charge is 0.485 e. The van der Waals surface area contributed by atoms with Crippen molar-refractivity contribution in [1.29, 1.82) is 0 Å². The number of nitrogens with one attached hydrogen (secondary N) is 2. The van der Waals surface area contributed by atoms with Crippen molar-refractivity contribution in [2.45, 2.75) is 39.3 Å². The van der Waals surface area contributed by atoms with Crippen molar-refractivity contribution in [2.24, 2.45) is 0 Å². The molecule has 0 aliphatic carbocycles. The molecule has 8 heteroatoms. The van der Waals surface area contributed by atoms with Crippen molar-refractivity contribution < 1.29 is 13.9 Å². The second-order valence-electron chi connectivity index (χ2n) is 8.14. The molecular weight excluding hydrogens is 430 g/mol. The Bertz CT molecular complexity index is 1430. The van der Waals surface area contributed by atoms with Crippen LogP contribution in [0.1, 0.15) is 47.3 Å². The lowest BCUT2D eigenvalue weighted by Gasteiger charge is -2.09. The average molecular weight is 456 g/mol. The number of unbranched alkanes of at least 4 members (excludes halogenated alkanes) is 1. The summed E-state index contributed by atoms with van der Waals surface area (Å²) in [5.41, 5.74) is 2.42. The summed E-state index contributed by atoms with van der Waals surface area (Å²) in [4.78, 5) is 13.2. The van der Waals surface area contributed by atoms with Crippen LogP contribution in [0, 0.1) is 0 Å². The Morgan fingerprint density at radius 1 is 1.09 bits per heavy atom. The molecule has 0 fully saturated rings. The van der Waals surface area contributed by atoms with Gasteiger partial charge in [0.2, 0.25) is 5.82 Å². The third-order valence-corrected chi connectivity index (χ3v) is 5.74. The standard InChI is InChI=1S/C26H25N5O3/c1-2-3-7-23-25(21-6-4-5-8-22(21)34-23)26(32)27-15-17-9-10-19-14-20(12-11-18(19)13-17)33-16-24-28-30-31-29-24/h4-6,8-14H,2-3,7,15-16H2,1H3,(H,27,32)(H,28,29,30,31). The van der Waals surface area contributed by atoms with Gasteiger partial charge in [0.25, 0.3) is 5.91 Å². The molecule has 5 aromatic rings. The average Bonchev–Trinajstić information content (AvgIpc) is 3.52. The highest BCUT2D eigenvalue weighted by Crippen LogP contribution is 2.27. The zero-order chi connectivity index (χ0) is 23.3. The molecule has 0 saturated heterocycles. The lowest BCUT2D eigenvalue weighted by Crippen LogP contribution is -2.23. The fourth-order valence-corrected chi connectivity index (χ4v) is 3.99. The summed E-state index contributed by atoms with van der Waals surface area (Å²) in [5.74, 6) is 1.87. The number of nitrogens with zero attached hydrogens (tertiary/aromatic N) is 3. The number of tetrazole rings is 1. The molecule has 0 spiro atoms. The Morgan fingerprint density at radius 2 is 1.94 bits per heavy atom. The van der Waals surface area contributed by atoms with Crippen molar-refractivity contribution in [2.75, 3.05) is 0 Å². The minimum atomic E-state index is -0.110. The highest BCUT2D eigenvalue weighted by Gasteiger charge is 2.20. The molecule has 172 valence electrons. The van der Waals surface area contributed by atoms with Crippen molar-refractivity contribution >= 4 is 27.6 Å². The third kappa shape index (κ3) is 4.61. The van der Waals surface area contributed by atoms with Crippen LogP contribution in [0.15, 0.2) is 65.1 Å². The number of ether oxygens (including phenoxy) is 1. The molecule has 0 saturated carbocycles. The first-order valence-electron chi connectivity index (χ1n) is 11.4. The van der Waals surface area contributed by atoms with Crippen LogP contribution in [0.25, 0.3) is 21.7 Å². The van der Waals surface area contributed by atoms with Crippen LogP contribution in [-0.4, -0.2) is 26.5 Å². The Labute approximate surface area is 196 Å². The molecule has 2 heterocycles. The molecule has 0 bridgehead atoms. The summed E-state index contributed by atoms with van der Waals surface area (Å²) in [7, 11) is 0. The SMILES string of the molecule is CCCCc1oc2ccccc2c1C(=O)NCc1ccc2cc(OCc3nn[nH]n3)ccc2c1. The summed E-state index contributed by atoms with van der Waals surface area (Å²) in [5, 5.41) is 19.7. The van der Waals surface area contributed by atoms with Gasteiger partial charge in [-0.25, -0.2) is 0 Å². The fraction of sp³-hybridized carbons (Fsp3) is 0.231. The number of aromatic nitrogens is 4. The van der Waals surface area contributed by atoms with E-state index in [0.717, 1.165) is 58.1 Å². The smallest absolute Gasteiger partial charge is 0.255 e. The van der Waals surface area contributed by atoms with E-state index >= 15 is 0 Å². The van der Waals surface area contributed by atoms with Gasteiger partial charge in [0.1, 0.15) is 17.1 Å². The van der Waals surface area contributed by atoms with E-state index in [1.54, 1.807) is 0 Å². The summed E-state index contributed by atoms with van der Waals surface area (Å²) >= 11 is 0. The van der Waals surface area contributed by atoms with E-state index in [0.29, 0.717) is 17.9 Å².